The van der Waals surface area contributed by atoms with Gasteiger partial charge in [0.2, 0.25) is 29.4 Å². The van der Waals surface area contributed by atoms with Crippen molar-refractivity contribution >= 4 is 65.3 Å². The first-order chi connectivity index (χ1) is 70.5. The summed E-state index contributed by atoms with van der Waals surface area (Å²) >= 11 is 0. The monoisotopic (exact) mass is 2060 g/mol. The van der Waals surface area contributed by atoms with Gasteiger partial charge >= 0.3 is 36.0 Å². The van der Waals surface area contributed by atoms with Gasteiger partial charge in [-0.3, -0.25) is 43.3 Å². The maximum Gasteiger partial charge on any atom is 0.450 e. The summed E-state index contributed by atoms with van der Waals surface area (Å²) in [6, 6.07) is 30.8. The van der Waals surface area contributed by atoms with Gasteiger partial charge in [-0.15, -0.1) is 0 Å². The van der Waals surface area contributed by atoms with Gasteiger partial charge < -0.3 is 74.7 Å². The summed E-state index contributed by atoms with van der Waals surface area (Å²) in [6.07, 6.45) is 27.8. The topological polar surface area (TPSA) is 469 Å². The highest BCUT2D eigenvalue weighted by Gasteiger charge is 2.39. The summed E-state index contributed by atoms with van der Waals surface area (Å²) < 4.78 is 66.4. The highest BCUT2D eigenvalue weighted by Crippen LogP contribution is 2.41. The average Bonchev–Trinajstić information content (AvgIpc) is 0.820. The van der Waals surface area contributed by atoms with Gasteiger partial charge in [0.05, 0.1) is 35.0 Å². The van der Waals surface area contributed by atoms with Crippen LogP contribution in [0.4, 0.5) is 13.2 Å². The minimum absolute atomic E-state index is 0.0193. The Morgan fingerprint density at radius 2 is 0.689 bits per heavy atom. The molecule has 36 heteroatoms. The molecule has 0 spiro atoms. The molecule has 5 aliphatic rings. The lowest BCUT2D eigenvalue weighted by Gasteiger charge is -2.24. The third-order valence-corrected chi connectivity index (χ3v) is 25.1. The first kappa shape index (κ1) is 118. The second-order valence-corrected chi connectivity index (χ2v) is 36.7. The molecule has 4 amide bonds. The molecule has 7 aromatic carbocycles. The third-order valence-electron chi connectivity index (χ3n) is 25.1. The minimum Gasteiger partial charge on any atom is -0.508 e. The number of rotatable bonds is 17. The lowest BCUT2D eigenvalue weighted by atomic mass is 9.88. The number of ketones is 1. The number of hydrogen-bond donors (Lipinski definition) is 10. The van der Waals surface area contributed by atoms with Gasteiger partial charge in [0.15, 0.2) is 0 Å². The van der Waals surface area contributed by atoms with Crippen LogP contribution in [0.2, 0.25) is 0 Å². The van der Waals surface area contributed by atoms with Crippen LogP contribution in [0.25, 0.3) is 6.08 Å². The van der Waals surface area contributed by atoms with E-state index in [9.17, 15) is 112 Å². The number of fused-ring (bicyclic) bond motifs is 5. The summed E-state index contributed by atoms with van der Waals surface area (Å²) in [5, 5.41) is 106. The summed E-state index contributed by atoms with van der Waals surface area (Å²) in [6.45, 7) is 5.95. The molecule has 0 saturated heterocycles. The number of alkyl halides is 3. The molecule has 7 aromatic rings. The fourth-order valence-corrected chi connectivity index (χ4v) is 17.0. The van der Waals surface area contributed by atoms with E-state index in [-0.39, 0.29) is 183 Å². The lowest BCUT2D eigenvalue weighted by Crippen LogP contribution is -2.28. The SMILES string of the molecule is CON(C)C(=O)CC1CC/C=C/CCOC(=O)c2c(O)cc(O)cc2C1.CON(C)C(=O)CC1CC/C=C/C[C@@H](C(C)C)OC(=O)c2c(O)cc(O)cc2C1.CON(C)C(=O)CC1CC/C=C/C[C@@H](c2ccccc2)OC(=O)c2c(O)cc(O)cc2C1.CON(C)C(=O)CC1CC/C=C/C[C@H](C)OC(=O)c2c(O)cc(O)cc2C1.O=C1O[C@H](c2ccccc2)C/C=C/CC/C=C/C(CC(=O)C(F)(F)F)=C/c2cc(O)cc(O)c21. The van der Waals surface area contributed by atoms with Gasteiger partial charge in [-0.2, -0.15) is 13.2 Å². The summed E-state index contributed by atoms with van der Waals surface area (Å²) in [4.78, 5) is 145. The van der Waals surface area contributed by atoms with Crippen molar-refractivity contribution < 1.29 is 155 Å². The maximum atomic E-state index is 13.1. The number of allylic oxidation sites excluding steroid dienone is 8. The van der Waals surface area contributed by atoms with Crippen molar-refractivity contribution in [2.45, 2.75) is 205 Å². The largest absolute Gasteiger partial charge is 0.508 e. The van der Waals surface area contributed by atoms with E-state index >= 15 is 0 Å². The molecule has 0 fully saturated rings. The van der Waals surface area contributed by atoms with Crippen LogP contribution >= 0.6 is 0 Å². The van der Waals surface area contributed by atoms with Gasteiger partial charge in [0.25, 0.3) is 0 Å². The van der Waals surface area contributed by atoms with Crippen molar-refractivity contribution in [3.8, 4) is 57.5 Å². The standard InChI is InChI=1S/C26H23F3O5.C25H29NO6.C22H31NO6.C20H27NO6.C19H25NO6/c27-26(28,29)23(32)14-17-9-5-2-1-3-8-12-22(18-10-6-4-7-11-18)34-25(33)24-19(13-17)15-20(30)16-21(24)31;1-26(31-2)23(29)14-17-9-5-3-8-12-22(18-10-6-4-7-11-18)32-25(30)24-19(13-17)15-20(27)16-21(24)28;1-14(2)19-9-7-5-6-8-15(11-20(26)23(3)28-4)10-16-12-17(24)13-18(25)21(16)22(27)29-19;1-13-7-5-4-6-8-14(10-18(24)21(2)26-3)9-15-11-16(22)12-17(23)19(15)20(25)27-13;1-20(25-2)17(23)10-13-7-5-3-4-6-8-26-19(24)18-14(9-13)11-15(21)12-16(18)22/h3-11,13,15-16,22,30-31H,1-2,12,14H2;3-4,6-8,10-11,15-17,22,27-28H,5,9,12-14H2,1-2H3;5,7,12-15,19,24-25H,6,8-11H2,1-4H3;4-5,11-14,22-23H,6-10H2,1-3H3;3-4,11-13,21-22H,5-10H2,1-2H3/b8-3+,9-5+,17-13-;8-3+;7-5+;5-4+;4-3+/t22-;17?,22-;15?,19-;13-,14?;/m0000./s1. The number of nitrogens with zero attached hydrogens (tertiary/aromatic N) is 4. The number of phenolic OH excluding ortho intramolecular Hbond substituents is 10. The summed E-state index contributed by atoms with van der Waals surface area (Å²) in [5.41, 5.74) is 3.14. The number of amides is 4. The molecule has 5 heterocycles. The van der Waals surface area contributed by atoms with Crippen LogP contribution in [0.3, 0.4) is 0 Å². The molecule has 12 rings (SSSR count). The van der Waals surface area contributed by atoms with Gasteiger partial charge in [0.1, 0.15) is 110 Å². The van der Waals surface area contributed by atoms with E-state index in [2.05, 4.69) is 0 Å². The van der Waals surface area contributed by atoms with Gasteiger partial charge in [0, 0.05) is 116 Å². The zero-order chi connectivity index (χ0) is 108. The minimum atomic E-state index is -5.03. The molecule has 148 heavy (non-hydrogen) atoms. The number of esters is 5. The average molecular weight is 2060 g/mol. The summed E-state index contributed by atoms with van der Waals surface area (Å²) in [5.74, 6) is -9.34. The van der Waals surface area contributed by atoms with E-state index in [0.29, 0.717) is 99.3 Å². The third kappa shape index (κ3) is 37.6. The molecule has 0 saturated carbocycles. The zero-order valence-electron chi connectivity index (χ0n) is 85.1. The van der Waals surface area contributed by atoms with Gasteiger partial charge in [-0.05, 0) is 208 Å². The number of halogens is 3. The molecule has 8 atom stereocenters. The Bertz CT molecular complexity index is 5890. The second-order valence-electron chi connectivity index (χ2n) is 36.7. The molecular weight excluding hydrogens is 1920 g/mol. The van der Waals surface area contributed by atoms with E-state index in [0.717, 1.165) is 98.5 Å². The molecule has 10 N–H and O–H groups in total. The van der Waals surface area contributed by atoms with Crippen LogP contribution in [0, 0.1) is 29.6 Å². The number of hydrogen-bond acceptors (Lipinski definition) is 29. The van der Waals surface area contributed by atoms with Crippen LogP contribution in [0.15, 0.2) is 200 Å². The smallest absolute Gasteiger partial charge is 0.450 e. The number of ether oxygens (including phenoxy) is 5. The molecular formula is C112H135F3N4O29. The molecule has 0 aromatic heterocycles. The van der Waals surface area contributed by atoms with E-state index in [1.165, 1.54) is 79.0 Å². The molecule has 5 aliphatic heterocycles. The van der Waals surface area contributed by atoms with Crippen molar-refractivity contribution in [3.63, 3.8) is 0 Å². The highest BCUT2D eigenvalue weighted by atomic mass is 19.4. The van der Waals surface area contributed by atoms with E-state index in [1.807, 2.05) is 111 Å². The normalized spacial score (nSPS) is 20.8. The number of carbonyl (C=O) groups excluding carboxylic acids is 10. The van der Waals surface area contributed by atoms with E-state index < -0.39 is 71.9 Å². The maximum absolute atomic E-state index is 13.1. The Hall–Kier alpha value is -14.8. The fourth-order valence-electron chi connectivity index (χ4n) is 17.0. The molecule has 4 unspecified atom stereocenters. The second kappa shape index (κ2) is 59.2. The number of phenols is 10. The molecule has 0 aliphatic carbocycles. The lowest BCUT2D eigenvalue weighted by molar-refractivity contribution is -0.170. The molecule has 33 nitrogen and oxygen atoms in total. The van der Waals surface area contributed by atoms with Crippen LogP contribution in [0.5, 0.6) is 57.5 Å². The predicted octanol–water partition coefficient (Wildman–Crippen LogP) is 19.6. The number of benzene rings is 7. The first-order valence-electron chi connectivity index (χ1n) is 48.8. The van der Waals surface area contributed by atoms with Gasteiger partial charge in [-0.1, -0.05) is 153 Å². The van der Waals surface area contributed by atoms with Crippen molar-refractivity contribution in [2.24, 2.45) is 29.6 Å². The van der Waals surface area contributed by atoms with Crippen LogP contribution in [-0.4, -0.2) is 212 Å². The molecule has 0 bridgehead atoms. The number of cyclic esters (lactones) is 5. The van der Waals surface area contributed by atoms with Crippen LogP contribution in [-0.2, 0) is 92.7 Å². The van der Waals surface area contributed by atoms with Crippen molar-refractivity contribution in [2.75, 3.05) is 63.2 Å². The Morgan fingerprint density at radius 3 is 1.06 bits per heavy atom. The zero-order valence-corrected chi connectivity index (χ0v) is 85.1. The summed E-state index contributed by atoms with van der Waals surface area (Å²) in [7, 11) is 11.9. The fraction of sp³-hybridized carbons (Fsp3) is 0.411. The first-order valence-corrected chi connectivity index (χ1v) is 48.8. The van der Waals surface area contributed by atoms with Crippen molar-refractivity contribution in [3.05, 3.63) is 267 Å². The Balaban J connectivity index is 0.000000226. The number of hydroxylamine groups is 8. The number of carbonyl (C=O) groups is 10. The highest BCUT2D eigenvalue weighted by molar-refractivity contribution is 5.99. The predicted molar refractivity (Wildman–Crippen MR) is 541 cm³/mol. The Morgan fingerprint density at radius 1 is 0.378 bits per heavy atom. The Kier molecular flexibility index (Phi) is 47.4. The van der Waals surface area contributed by atoms with Crippen LogP contribution in [0.1, 0.15) is 252 Å². The Labute approximate surface area is 858 Å². The number of Topliss-reactive ketones (excluding diaryl/α,β-unsaturated/α-hetero) is 1. The van der Waals surface area contributed by atoms with Crippen LogP contribution < -0.4 is 0 Å². The molecule has 798 valence electrons. The van der Waals surface area contributed by atoms with Crippen molar-refractivity contribution in [1.29, 1.82) is 0 Å². The quantitative estimate of drug-likeness (QED) is 0.0175. The number of aromatic hydroxyl groups is 10. The van der Waals surface area contributed by atoms with Gasteiger partial charge in [-0.25, -0.2) is 44.2 Å². The van der Waals surface area contributed by atoms with E-state index in [4.69, 9.17) is 43.0 Å². The van der Waals surface area contributed by atoms with Crippen molar-refractivity contribution in [1.82, 2.24) is 20.3 Å². The molecule has 0 radical (unpaired) electrons. The van der Waals surface area contributed by atoms with E-state index in [1.54, 1.807) is 65.5 Å².